The van der Waals surface area contributed by atoms with E-state index in [1.54, 1.807) is 12.3 Å². The molecule has 28 heavy (non-hydrogen) atoms. The zero-order valence-corrected chi connectivity index (χ0v) is 15.0. The lowest BCUT2D eigenvalue weighted by atomic mass is 10.00. The first-order valence-corrected chi connectivity index (χ1v) is 9.08. The van der Waals surface area contributed by atoms with E-state index in [4.69, 9.17) is 0 Å². The predicted octanol–water partition coefficient (Wildman–Crippen LogP) is 2.95. The van der Waals surface area contributed by atoms with Crippen molar-refractivity contribution in [2.75, 3.05) is 18.1 Å². The van der Waals surface area contributed by atoms with Crippen LogP contribution >= 0.6 is 0 Å². The molecular formula is C18H19F3N6O. The molecule has 148 valence electrons. The van der Waals surface area contributed by atoms with Crippen LogP contribution in [-0.2, 0) is 6.18 Å². The summed E-state index contributed by atoms with van der Waals surface area (Å²) < 4.78 is 40.4. The molecule has 0 bridgehead atoms. The summed E-state index contributed by atoms with van der Waals surface area (Å²) in [7, 11) is 0. The minimum absolute atomic E-state index is 0.0968. The predicted molar refractivity (Wildman–Crippen MR) is 95.7 cm³/mol. The number of nitrogens with zero attached hydrogens (tertiary/aromatic N) is 6. The third kappa shape index (κ3) is 3.51. The Morgan fingerprint density at radius 2 is 2.00 bits per heavy atom. The molecule has 1 fully saturated rings. The lowest BCUT2D eigenvalue weighted by Crippen LogP contribution is -2.40. The Morgan fingerprint density at radius 3 is 2.79 bits per heavy atom. The number of fused-ring (bicyclic) bond motifs is 1. The monoisotopic (exact) mass is 392 g/mol. The van der Waals surface area contributed by atoms with Gasteiger partial charge in [-0.1, -0.05) is 0 Å². The number of piperidine rings is 1. The number of hydrogen-bond donors (Lipinski definition) is 1. The fourth-order valence-electron chi connectivity index (χ4n) is 3.58. The number of anilines is 1. The topological polar surface area (TPSA) is 79.4 Å². The van der Waals surface area contributed by atoms with E-state index >= 15 is 0 Å². The molecule has 4 heterocycles. The summed E-state index contributed by atoms with van der Waals surface area (Å²) in [5.41, 5.74) is -0.358. The van der Waals surface area contributed by atoms with Crippen LogP contribution in [-0.4, -0.2) is 48.6 Å². The van der Waals surface area contributed by atoms with Crippen LogP contribution < -0.4 is 4.90 Å². The van der Waals surface area contributed by atoms with Crippen molar-refractivity contribution in [1.29, 1.82) is 0 Å². The van der Waals surface area contributed by atoms with Gasteiger partial charge < -0.3 is 10.0 Å². The Hall–Kier alpha value is -2.75. The Morgan fingerprint density at radius 1 is 1.14 bits per heavy atom. The molecule has 1 saturated heterocycles. The van der Waals surface area contributed by atoms with E-state index in [0.29, 0.717) is 17.9 Å². The average Bonchev–Trinajstić information content (AvgIpc) is 3.11. The van der Waals surface area contributed by atoms with Gasteiger partial charge in [-0.05, 0) is 31.7 Å². The van der Waals surface area contributed by atoms with Gasteiger partial charge in [0.25, 0.3) is 0 Å². The van der Waals surface area contributed by atoms with Gasteiger partial charge in [0.2, 0.25) is 0 Å². The summed E-state index contributed by atoms with van der Waals surface area (Å²) in [6, 6.07) is 1.97. The molecule has 10 heteroatoms. The standard InChI is InChI=1S/C18H19F3N6O/c19-18(20,21)14-11-27-13(9-24-16(27)10-23-14)17-22-6-4-15(25-17)26-7-2-1-3-12(26)5-8-28/h4,6,9-12,28H,1-3,5,7-8H2. The first-order chi connectivity index (χ1) is 13.5. The second-order valence-corrected chi connectivity index (χ2v) is 6.74. The summed E-state index contributed by atoms with van der Waals surface area (Å²) in [4.78, 5) is 18.5. The van der Waals surface area contributed by atoms with Crippen molar-refractivity contribution in [3.8, 4) is 11.5 Å². The number of imidazole rings is 1. The van der Waals surface area contributed by atoms with E-state index in [1.165, 1.54) is 10.6 Å². The highest BCUT2D eigenvalue weighted by atomic mass is 19.4. The Kier molecular flexibility index (Phi) is 4.88. The van der Waals surface area contributed by atoms with E-state index in [0.717, 1.165) is 38.2 Å². The van der Waals surface area contributed by atoms with Crippen molar-refractivity contribution in [3.05, 3.63) is 36.5 Å². The van der Waals surface area contributed by atoms with Gasteiger partial charge in [-0.3, -0.25) is 4.40 Å². The number of alkyl halides is 3. The van der Waals surface area contributed by atoms with Gasteiger partial charge in [0, 0.05) is 31.6 Å². The smallest absolute Gasteiger partial charge is 0.396 e. The number of hydrogen-bond acceptors (Lipinski definition) is 6. The minimum Gasteiger partial charge on any atom is -0.396 e. The lowest BCUT2D eigenvalue weighted by molar-refractivity contribution is -0.141. The van der Waals surface area contributed by atoms with Crippen molar-refractivity contribution >= 4 is 11.5 Å². The van der Waals surface area contributed by atoms with Gasteiger partial charge in [-0.2, -0.15) is 13.2 Å². The molecule has 1 atom stereocenters. The lowest BCUT2D eigenvalue weighted by Gasteiger charge is -2.36. The van der Waals surface area contributed by atoms with Crippen LogP contribution in [0.15, 0.2) is 30.9 Å². The third-order valence-electron chi connectivity index (χ3n) is 4.94. The maximum absolute atomic E-state index is 13.0. The van der Waals surface area contributed by atoms with E-state index in [-0.39, 0.29) is 24.1 Å². The zero-order chi connectivity index (χ0) is 19.7. The largest absolute Gasteiger partial charge is 0.434 e. The molecule has 3 aromatic heterocycles. The third-order valence-corrected chi connectivity index (χ3v) is 4.94. The van der Waals surface area contributed by atoms with Crippen LogP contribution in [0.1, 0.15) is 31.4 Å². The second-order valence-electron chi connectivity index (χ2n) is 6.74. The Labute approximate surface area is 158 Å². The zero-order valence-electron chi connectivity index (χ0n) is 15.0. The molecule has 7 nitrogen and oxygen atoms in total. The Balaban J connectivity index is 1.73. The van der Waals surface area contributed by atoms with Crippen molar-refractivity contribution < 1.29 is 18.3 Å². The van der Waals surface area contributed by atoms with Gasteiger partial charge in [-0.15, -0.1) is 0 Å². The molecule has 1 unspecified atom stereocenters. The molecule has 0 radical (unpaired) electrons. The molecular weight excluding hydrogens is 373 g/mol. The first-order valence-electron chi connectivity index (χ1n) is 9.08. The Bertz CT molecular complexity index is 971. The fourth-order valence-corrected chi connectivity index (χ4v) is 3.58. The number of aliphatic hydroxyl groups is 1. The highest BCUT2D eigenvalue weighted by Crippen LogP contribution is 2.29. The second kappa shape index (κ2) is 7.34. The summed E-state index contributed by atoms with van der Waals surface area (Å²) in [6.45, 7) is 0.913. The molecule has 1 aliphatic rings. The van der Waals surface area contributed by atoms with Gasteiger partial charge >= 0.3 is 6.18 Å². The number of aromatic nitrogens is 5. The van der Waals surface area contributed by atoms with E-state index < -0.39 is 11.9 Å². The maximum Gasteiger partial charge on any atom is 0.434 e. The number of aliphatic hydroxyl groups excluding tert-OH is 1. The van der Waals surface area contributed by atoms with E-state index in [9.17, 15) is 18.3 Å². The summed E-state index contributed by atoms with van der Waals surface area (Å²) in [5.74, 6) is 0.987. The molecule has 0 aromatic carbocycles. The van der Waals surface area contributed by atoms with Crippen LogP contribution in [0.3, 0.4) is 0 Å². The molecule has 3 aromatic rings. The molecule has 4 rings (SSSR count). The van der Waals surface area contributed by atoms with E-state index in [2.05, 4.69) is 24.8 Å². The minimum atomic E-state index is -4.55. The van der Waals surface area contributed by atoms with Gasteiger partial charge in [0.15, 0.2) is 17.2 Å². The van der Waals surface area contributed by atoms with Crippen LogP contribution in [0.5, 0.6) is 0 Å². The van der Waals surface area contributed by atoms with Crippen LogP contribution in [0.2, 0.25) is 0 Å². The molecule has 1 aliphatic heterocycles. The molecule has 1 N–H and O–H groups in total. The van der Waals surface area contributed by atoms with Gasteiger partial charge in [-0.25, -0.2) is 19.9 Å². The molecule has 0 spiro atoms. The van der Waals surface area contributed by atoms with Crippen molar-refractivity contribution in [2.24, 2.45) is 0 Å². The highest BCUT2D eigenvalue weighted by Gasteiger charge is 2.33. The van der Waals surface area contributed by atoms with Gasteiger partial charge in [0.05, 0.1) is 12.4 Å². The van der Waals surface area contributed by atoms with Crippen molar-refractivity contribution in [3.63, 3.8) is 0 Å². The number of rotatable bonds is 4. The van der Waals surface area contributed by atoms with Crippen LogP contribution in [0, 0.1) is 0 Å². The first kappa shape index (κ1) is 18.6. The SMILES string of the molecule is OCCC1CCCCN1c1ccnc(-c2cnc3cnc(C(F)(F)F)cn23)n1. The fraction of sp³-hybridized carbons (Fsp3) is 0.444. The summed E-state index contributed by atoms with van der Waals surface area (Å²) in [5, 5.41) is 9.33. The van der Waals surface area contributed by atoms with Gasteiger partial charge in [0.1, 0.15) is 11.5 Å². The van der Waals surface area contributed by atoms with Crippen LogP contribution in [0.4, 0.5) is 19.0 Å². The highest BCUT2D eigenvalue weighted by molar-refractivity contribution is 5.58. The molecule has 0 aliphatic carbocycles. The van der Waals surface area contributed by atoms with Crippen LogP contribution in [0.25, 0.3) is 17.2 Å². The molecule has 0 amide bonds. The average molecular weight is 392 g/mol. The summed E-state index contributed by atoms with van der Waals surface area (Å²) in [6.07, 6.45) is 4.21. The number of halogens is 3. The van der Waals surface area contributed by atoms with E-state index in [1.807, 2.05) is 0 Å². The normalized spacial score (nSPS) is 18.0. The van der Waals surface area contributed by atoms with Crippen molar-refractivity contribution in [1.82, 2.24) is 24.3 Å². The quantitative estimate of drug-likeness (QED) is 0.736. The summed E-state index contributed by atoms with van der Waals surface area (Å²) >= 11 is 0. The molecule has 0 saturated carbocycles. The van der Waals surface area contributed by atoms with Crippen molar-refractivity contribution in [2.45, 2.75) is 37.9 Å². The maximum atomic E-state index is 13.0.